The third-order valence-electron chi connectivity index (χ3n) is 3.44. The van der Waals surface area contributed by atoms with Crippen LogP contribution in [0.3, 0.4) is 0 Å². The molecular formula is C15H11F3N2O. The fraction of sp³-hybridized carbons (Fsp3) is 0.200. The summed E-state index contributed by atoms with van der Waals surface area (Å²) in [5, 5.41) is 0. The molecule has 0 bridgehead atoms. The lowest BCUT2D eigenvalue weighted by Crippen LogP contribution is -2.27. The molecule has 2 aromatic rings. The van der Waals surface area contributed by atoms with Crippen LogP contribution in [0.4, 0.5) is 13.2 Å². The van der Waals surface area contributed by atoms with Gasteiger partial charge in [0.2, 0.25) is 0 Å². The molecule has 21 heavy (non-hydrogen) atoms. The number of amides is 1. The van der Waals surface area contributed by atoms with Gasteiger partial charge in [-0.05, 0) is 23.8 Å². The minimum Gasteiger partial charge on any atom is -0.328 e. The fourth-order valence-electron chi connectivity index (χ4n) is 2.43. The van der Waals surface area contributed by atoms with Gasteiger partial charge in [-0.25, -0.2) is 0 Å². The van der Waals surface area contributed by atoms with Crippen LogP contribution in [0.1, 0.15) is 27.2 Å². The second kappa shape index (κ2) is 4.87. The maximum atomic E-state index is 13.0. The molecule has 1 aliphatic heterocycles. The van der Waals surface area contributed by atoms with Gasteiger partial charge in [-0.1, -0.05) is 18.2 Å². The van der Waals surface area contributed by atoms with Gasteiger partial charge in [-0.15, -0.1) is 0 Å². The molecule has 0 fully saturated rings. The van der Waals surface area contributed by atoms with Crippen LogP contribution in [0, 0.1) is 0 Å². The first-order valence-electron chi connectivity index (χ1n) is 6.35. The number of alkyl halides is 3. The number of hydrogen-bond acceptors (Lipinski definition) is 2. The molecule has 1 amide bonds. The van der Waals surface area contributed by atoms with Crippen molar-refractivity contribution in [1.29, 1.82) is 0 Å². The number of aromatic nitrogens is 1. The Bertz CT molecular complexity index is 672. The lowest BCUT2D eigenvalue weighted by atomic mass is 10.1. The molecule has 108 valence electrons. The van der Waals surface area contributed by atoms with E-state index in [-0.39, 0.29) is 18.7 Å². The summed E-state index contributed by atoms with van der Waals surface area (Å²) in [6, 6.07) is 8.42. The molecule has 1 aromatic heterocycles. The van der Waals surface area contributed by atoms with Gasteiger partial charge in [0.1, 0.15) is 0 Å². The molecule has 6 heteroatoms. The van der Waals surface area contributed by atoms with E-state index < -0.39 is 17.6 Å². The third kappa shape index (κ3) is 2.49. The van der Waals surface area contributed by atoms with Crippen molar-refractivity contribution in [2.45, 2.75) is 19.3 Å². The Hall–Kier alpha value is -2.37. The molecule has 0 radical (unpaired) electrons. The van der Waals surface area contributed by atoms with E-state index in [1.807, 2.05) is 6.07 Å². The number of carbonyl (C=O) groups excluding carboxylic acids is 1. The number of fused-ring (bicyclic) bond motifs is 1. The number of rotatable bonds is 1. The zero-order valence-corrected chi connectivity index (χ0v) is 10.9. The molecule has 1 aromatic carbocycles. The smallest absolute Gasteiger partial charge is 0.328 e. The first-order valence-corrected chi connectivity index (χ1v) is 6.35. The Labute approximate surface area is 119 Å². The first kappa shape index (κ1) is 13.6. The van der Waals surface area contributed by atoms with E-state index in [2.05, 4.69) is 4.98 Å². The van der Waals surface area contributed by atoms with Crippen molar-refractivity contribution >= 4 is 5.91 Å². The molecular weight excluding hydrogens is 281 g/mol. The van der Waals surface area contributed by atoms with Gasteiger partial charge >= 0.3 is 6.18 Å². The highest BCUT2D eigenvalue weighted by Gasteiger charge is 2.36. The van der Waals surface area contributed by atoms with E-state index in [9.17, 15) is 18.0 Å². The summed E-state index contributed by atoms with van der Waals surface area (Å²) < 4.78 is 38.9. The minimum atomic E-state index is -4.54. The number of benzene rings is 1. The summed E-state index contributed by atoms with van der Waals surface area (Å²) in [4.78, 5) is 17.9. The average molecular weight is 292 g/mol. The second-order valence-corrected chi connectivity index (χ2v) is 4.81. The maximum Gasteiger partial charge on any atom is 0.417 e. The van der Waals surface area contributed by atoms with Gasteiger partial charge < -0.3 is 4.90 Å². The molecule has 0 unspecified atom stereocenters. The Morgan fingerprint density at radius 3 is 2.57 bits per heavy atom. The maximum absolute atomic E-state index is 13.0. The summed E-state index contributed by atoms with van der Waals surface area (Å²) in [5.41, 5.74) is 0.377. The van der Waals surface area contributed by atoms with Gasteiger partial charge in [0.25, 0.3) is 5.91 Å². The van der Waals surface area contributed by atoms with E-state index >= 15 is 0 Å². The number of pyridine rings is 1. The summed E-state index contributed by atoms with van der Waals surface area (Å²) in [7, 11) is 0. The van der Waals surface area contributed by atoms with Crippen LogP contribution in [0.5, 0.6) is 0 Å². The molecule has 0 saturated carbocycles. The molecule has 0 atom stereocenters. The SMILES string of the molecule is O=C(c1ccccc1C(F)(F)F)N1Cc2cccnc2C1. The van der Waals surface area contributed by atoms with E-state index in [1.165, 1.54) is 23.1 Å². The summed E-state index contributed by atoms with van der Waals surface area (Å²) in [5.74, 6) is -0.624. The lowest BCUT2D eigenvalue weighted by Gasteiger charge is -2.18. The van der Waals surface area contributed by atoms with Crippen molar-refractivity contribution in [3.05, 3.63) is 65.0 Å². The predicted octanol–water partition coefficient (Wildman–Crippen LogP) is 3.26. The Kier molecular flexibility index (Phi) is 3.16. The number of nitrogens with zero attached hydrogens (tertiary/aromatic N) is 2. The first-order chi connectivity index (χ1) is 9.97. The van der Waals surface area contributed by atoms with Crippen LogP contribution >= 0.6 is 0 Å². The van der Waals surface area contributed by atoms with Crippen molar-refractivity contribution in [3.63, 3.8) is 0 Å². The quantitative estimate of drug-likeness (QED) is 0.808. The topological polar surface area (TPSA) is 33.2 Å². The van der Waals surface area contributed by atoms with Gasteiger partial charge in [-0.2, -0.15) is 13.2 Å². The summed E-state index contributed by atoms with van der Waals surface area (Å²) >= 11 is 0. The number of halogens is 3. The van der Waals surface area contributed by atoms with Crippen molar-refractivity contribution in [1.82, 2.24) is 9.88 Å². The van der Waals surface area contributed by atoms with Crippen LogP contribution < -0.4 is 0 Å². The monoisotopic (exact) mass is 292 g/mol. The molecule has 3 rings (SSSR count). The average Bonchev–Trinajstić information content (AvgIpc) is 2.89. The highest BCUT2D eigenvalue weighted by molar-refractivity contribution is 5.96. The summed E-state index contributed by atoms with van der Waals surface area (Å²) in [6.07, 6.45) is -2.94. The van der Waals surface area contributed by atoms with Gasteiger partial charge in [-0.3, -0.25) is 9.78 Å². The van der Waals surface area contributed by atoms with Crippen LogP contribution in [-0.2, 0) is 19.3 Å². The van der Waals surface area contributed by atoms with Gasteiger partial charge in [0.15, 0.2) is 0 Å². The lowest BCUT2D eigenvalue weighted by molar-refractivity contribution is -0.138. The largest absolute Gasteiger partial charge is 0.417 e. The zero-order valence-electron chi connectivity index (χ0n) is 10.9. The zero-order chi connectivity index (χ0) is 15.0. The normalized spacial score (nSPS) is 14.1. The van der Waals surface area contributed by atoms with Crippen molar-refractivity contribution in [2.24, 2.45) is 0 Å². The van der Waals surface area contributed by atoms with Crippen LogP contribution in [0.15, 0.2) is 42.6 Å². The molecule has 0 aliphatic carbocycles. The molecule has 3 nitrogen and oxygen atoms in total. The Morgan fingerprint density at radius 1 is 1.10 bits per heavy atom. The van der Waals surface area contributed by atoms with Crippen LogP contribution in [0.25, 0.3) is 0 Å². The Morgan fingerprint density at radius 2 is 1.86 bits per heavy atom. The van der Waals surface area contributed by atoms with E-state index in [4.69, 9.17) is 0 Å². The number of hydrogen-bond donors (Lipinski definition) is 0. The standard InChI is InChI=1S/C15H11F3N2O/c16-15(17,18)12-6-2-1-5-11(12)14(21)20-8-10-4-3-7-19-13(10)9-20/h1-7H,8-9H2. The van der Waals surface area contributed by atoms with E-state index in [0.29, 0.717) is 0 Å². The van der Waals surface area contributed by atoms with Crippen molar-refractivity contribution in [2.75, 3.05) is 0 Å². The molecule has 0 saturated heterocycles. The highest BCUT2D eigenvalue weighted by atomic mass is 19.4. The van der Waals surface area contributed by atoms with Gasteiger partial charge in [0, 0.05) is 12.7 Å². The Balaban J connectivity index is 1.92. The fourth-order valence-corrected chi connectivity index (χ4v) is 2.43. The minimum absolute atomic E-state index is 0.237. The van der Waals surface area contributed by atoms with Crippen LogP contribution in [-0.4, -0.2) is 15.8 Å². The van der Waals surface area contributed by atoms with E-state index in [0.717, 1.165) is 17.3 Å². The predicted molar refractivity (Wildman–Crippen MR) is 69.3 cm³/mol. The molecule has 0 N–H and O–H groups in total. The second-order valence-electron chi connectivity index (χ2n) is 4.81. The van der Waals surface area contributed by atoms with E-state index in [1.54, 1.807) is 12.3 Å². The number of carbonyl (C=O) groups is 1. The molecule has 2 heterocycles. The van der Waals surface area contributed by atoms with Crippen molar-refractivity contribution in [3.8, 4) is 0 Å². The van der Waals surface area contributed by atoms with Crippen molar-refractivity contribution < 1.29 is 18.0 Å². The summed E-state index contributed by atoms with van der Waals surface area (Å²) in [6.45, 7) is 0.523. The third-order valence-corrected chi connectivity index (χ3v) is 3.44. The molecule has 0 spiro atoms. The molecule has 1 aliphatic rings. The highest BCUT2D eigenvalue weighted by Crippen LogP contribution is 2.33. The van der Waals surface area contributed by atoms with Gasteiger partial charge in [0.05, 0.1) is 23.4 Å². The van der Waals surface area contributed by atoms with Crippen LogP contribution in [0.2, 0.25) is 0 Å².